The Morgan fingerprint density at radius 1 is 1.22 bits per heavy atom. The molecule has 2 bridgehead atoms. The Kier molecular flexibility index (Phi) is 3.73. The maximum absolute atomic E-state index is 12.7. The minimum absolute atomic E-state index is 0.0167. The van der Waals surface area contributed by atoms with Crippen molar-refractivity contribution in [3.8, 4) is 0 Å². The Labute approximate surface area is 143 Å². The van der Waals surface area contributed by atoms with Crippen molar-refractivity contribution in [3.63, 3.8) is 0 Å². The average molecular weight is 346 g/mol. The molecule has 23 heavy (non-hydrogen) atoms. The number of nitrogens with zero attached hydrogens (tertiary/aromatic N) is 1. The van der Waals surface area contributed by atoms with Gasteiger partial charge in [-0.2, -0.15) is 0 Å². The van der Waals surface area contributed by atoms with Gasteiger partial charge in [0.05, 0.1) is 15.8 Å². The molecule has 0 aromatic carbocycles. The Hall–Kier alpha value is -1.66. The first-order valence-corrected chi connectivity index (χ1v) is 9.53. The summed E-state index contributed by atoms with van der Waals surface area (Å²) in [4.78, 5) is 29.7. The molecule has 4 nitrogen and oxygen atoms in total. The van der Waals surface area contributed by atoms with E-state index in [0.29, 0.717) is 5.92 Å². The fraction of sp³-hybridized carbons (Fsp3) is 0.412. The molecular weight excluding hydrogens is 328 g/mol. The molecule has 2 fully saturated rings. The summed E-state index contributed by atoms with van der Waals surface area (Å²) in [5.74, 6) is 0.612. The van der Waals surface area contributed by atoms with Gasteiger partial charge in [0, 0.05) is 17.5 Å². The lowest BCUT2D eigenvalue weighted by Crippen LogP contribution is -2.51. The number of carbonyl (C=O) groups excluding carboxylic acids is 2. The highest BCUT2D eigenvalue weighted by Crippen LogP contribution is 2.39. The van der Waals surface area contributed by atoms with Crippen LogP contribution >= 0.6 is 22.7 Å². The van der Waals surface area contributed by atoms with Gasteiger partial charge in [-0.15, -0.1) is 22.7 Å². The molecule has 3 unspecified atom stereocenters. The highest BCUT2D eigenvalue weighted by atomic mass is 32.1. The van der Waals surface area contributed by atoms with Crippen molar-refractivity contribution in [3.05, 3.63) is 44.3 Å². The summed E-state index contributed by atoms with van der Waals surface area (Å²) < 4.78 is 0. The fourth-order valence-corrected chi connectivity index (χ4v) is 5.20. The summed E-state index contributed by atoms with van der Waals surface area (Å²) >= 11 is 3.00. The molecule has 1 aliphatic carbocycles. The molecule has 2 amide bonds. The number of rotatable bonds is 3. The molecule has 1 saturated carbocycles. The number of fused-ring (bicyclic) bond motifs is 2. The molecule has 6 heteroatoms. The van der Waals surface area contributed by atoms with Crippen LogP contribution in [-0.4, -0.2) is 35.3 Å². The molecule has 2 aromatic rings. The first kappa shape index (κ1) is 14.9. The highest BCUT2D eigenvalue weighted by molar-refractivity contribution is 7.14. The summed E-state index contributed by atoms with van der Waals surface area (Å²) in [6, 6.07) is 7.84. The third-order valence-corrected chi connectivity index (χ3v) is 6.61. The fourth-order valence-electron chi connectivity index (χ4n) is 3.75. The lowest BCUT2D eigenvalue weighted by Gasteiger charge is -2.33. The molecule has 1 saturated heterocycles. The number of piperidine rings is 1. The molecular formula is C17H18N2O2S2. The number of amides is 2. The molecule has 3 heterocycles. The van der Waals surface area contributed by atoms with Gasteiger partial charge in [0.1, 0.15) is 0 Å². The smallest absolute Gasteiger partial charge is 0.264 e. The van der Waals surface area contributed by atoms with Crippen LogP contribution in [0, 0.1) is 12.8 Å². The molecule has 2 aromatic heterocycles. The average Bonchev–Trinajstić information content (AvgIpc) is 3.30. The van der Waals surface area contributed by atoms with E-state index in [-0.39, 0.29) is 23.9 Å². The maximum Gasteiger partial charge on any atom is 0.264 e. The second-order valence-electron chi connectivity index (χ2n) is 6.33. The van der Waals surface area contributed by atoms with Gasteiger partial charge < -0.3 is 10.2 Å². The van der Waals surface area contributed by atoms with E-state index in [2.05, 4.69) is 5.32 Å². The van der Waals surface area contributed by atoms with E-state index in [0.717, 1.165) is 34.0 Å². The van der Waals surface area contributed by atoms with Crippen LogP contribution in [0.5, 0.6) is 0 Å². The number of likely N-dealkylation sites (tertiary alicyclic amines) is 1. The normalized spacial score (nSPS) is 25.8. The molecule has 0 radical (unpaired) electrons. The van der Waals surface area contributed by atoms with Crippen LogP contribution in [0.1, 0.15) is 37.1 Å². The highest BCUT2D eigenvalue weighted by Gasteiger charge is 2.47. The molecule has 1 N–H and O–H groups in total. The SMILES string of the molecule is Cc1ccc(C(=O)N2CC3CC(NC(=O)c4cccs4)C2C3)s1. The van der Waals surface area contributed by atoms with Crippen LogP contribution in [0.2, 0.25) is 0 Å². The second kappa shape index (κ2) is 5.76. The van der Waals surface area contributed by atoms with E-state index in [4.69, 9.17) is 0 Å². The maximum atomic E-state index is 12.7. The molecule has 2 aliphatic rings. The third-order valence-electron chi connectivity index (χ3n) is 4.76. The van der Waals surface area contributed by atoms with Gasteiger partial charge in [-0.3, -0.25) is 9.59 Å². The predicted molar refractivity (Wildman–Crippen MR) is 92.2 cm³/mol. The van der Waals surface area contributed by atoms with Gasteiger partial charge >= 0.3 is 0 Å². The van der Waals surface area contributed by atoms with Gasteiger partial charge in [-0.25, -0.2) is 0 Å². The lowest BCUT2D eigenvalue weighted by molar-refractivity contribution is 0.0653. The van der Waals surface area contributed by atoms with E-state index in [1.165, 1.54) is 11.3 Å². The van der Waals surface area contributed by atoms with Crippen molar-refractivity contribution < 1.29 is 9.59 Å². The van der Waals surface area contributed by atoms with Gasteiger partial charge in [-0.1, -0.05) is 6.07 Å². The molecule has 3 atom stereocenters. The largest absolute Gasteiger partial charge is 0.347 e. The Bertz CT molecular complexity index is 738. The number of hydrogen-bond acceptors (Lipinski definition) is 4. The van der Waals surface area contributed by atoms with E-state index < -0.39 is 0 Å². The van der Waals surface area contributed by atoms with Crippen molar-refractivity contribution >= 4 is 34.5 Å². The summed E-state index contributed by atoms with van der Waals surface area (Å²) in [7, 11) is 0. The predicted octanol–water partition coefficient (Wildman–Crippen LogP) is 3.15. The van der Waals surface area contributed by atoms with Crippen LogP contribution in [0.4, 0.5) is 0 Å². The summed E-state index contributed by atoms with van der Waals surface area (Å²) in [6.07, 6.45) is 1.99. The van der Waals surface area contributed by atoms with Gasteiger partial charge in [-0.05, 0) is 49.3 Å². The van der Waals surface area contributed by atoms with Crippen LogP contribution in [-0.2, 0) is 0 Å². The summed E-state index contributed by atoms with van der Waals surface area (Å²) in [6.45, 7) is 2.84. The minimum atomic E-state index is -0.0167. The van der Waals surface area contributed by atoms with Crippen molar-refractivity contribution in [2.24, 2.45) is 5.92 Å². The standard InChI is InChI=1S/C17H18N2O2S2/c1-10-4-5-15(23-10)17(21)19-9-11-7-12(13(19)8-11)18-16(20)14-3-2-6-22-14/h2-6,11-13H,7-9H2,1H3,(H,18,20). The van der Waals surface area contributed by atoms with Crippen LogP contribution in [0.15, 0.2) is 29.6 Å². The monoisotopic (exact) mass is 346 g/mol. The van der Waals surface area contributed by atoms with Gasteiger partial charge in [0.15, 0.2) is 0 Å². The van der Waals surface area contributed by atoms with Crippen molar-refractivity contribution in [1.82, 2.24) is 10.2 Å². The van der Waals surface area contributed by atoms with Crippen LogP contribution in [0.3, 0.4) is 0 Å². The van der Waals surface area contributed by atoms with E-state index in [9.17, 15) is 9.59 Å². The topological polar surface area (TPSA) is 49.4 Å². The lowest BCUT2D eigenvalue weighted by atomic mass is 10.1. The Morgan fingerprint density at radius 2 is 2.09 bits per heavy atom. The minimum Gasteiger partial charge on any atom is -0.347 e. The zero-order valence-electron chi connectivity index (χ0n) is 12.8. The van der Waals surface area contributed by atoms with Crippen LogP contribution < -0.4 is 5.32 Å². The first-order valence-electron chi connectivity index (χ1n) is 7.83. The third kappa shape index (κ3) is 2.70. The number of hydrogen-bond donors (Lipinski definition) is 1. The zero-order valence-corrected chi connectivity index (χ0v) is 14.5. The first-order chi connectivity index (χ1) is 11.1. The molecule has 1 aliphatic heterocycles. The van der Waals surface area contributed by atoms with Crippen molar-refractivity contribution in [2.75, 3.05) is 6.54 Å². The van der Waals surface area contributed by atoms with Crippen LogP contribution in [0.25, 0.3) is 0 Å². The number of nitrogens with one attached hydrogen (secondary N) is 1. The Balaban J connectivity index is 1.48. The number of aryl methyl sites for hydroxylation is 1. The molecule has 120 valence electrons. The second-order valence-corrected chi connectivity index (χ2v) is 8.57. The number of carbonyl (C=O) groups is 2. The van der Waals surface area contributed by atoms with Crippen molar-refractivity contribution in [2.45, 2.75) is 31.8 Å². The van der Waals surface area contributed by atoms with Crippen molar-refractivity contribution in [1.29, 1.82) is 0 Å². The van der Waals surface area contributed by atoms with E-state index >= 15 is 0 Å². The van der Waals surface area contributed by atoms with Gasteiger partial charge in [0.25, 0.3) is 11.8 Å². The molecule has 4 rings (SSSR count). The number of thiophene rings is 2. The Morgan fingerprint density at radius 3 is 2.74 bits per heavy atom. The van der Waals surface area contributed by atoms with Gasteiger partial charge in [0.2, 0.25) is 0 Å². The summed E-state index contributed by atoms with van der Waals surface area (Å²) in [5, 5.41) is 5.04. The molecule has 0 spiro atoms. The van der Waals surface area contributed by atoms with E-state index in [1.54, 1.807) is 11.3 Å². The zero-order chi connectivity index (χ0) is 16.0. The quantitative estimate of drug-likeness (QED) is 0.928. The van der Waals surface area contributed by atoms with E-state index in [1.807, 2.05) is 41.5 Å². The summed E-state index contributed by atoms with van der Waals surface area (Å²) in [5.41, 5.74) is 0.